The average molecular weight is 359 g/mol. The first-order chi connectivity index (χ1) is 11.2. The minimum absolute atomic E-state index is 0.109. The number of carboxylic acid groups (broad SMARTS) is 1. The predicted octanol–water partition coefficient (Wildman–Crippen LogP) is 1.98. The van der Waals surface area contributed by atoms with Gasteiger partial charge in [0, 0.05) is 0 Å². The molecule has 2 N–H and O–H groups in total. The van der Waals surface area contributed by atoms with E-state index in [1.165, 1.54) is 19.1 Å². The summed E-state index contributed by atoms with van der Waals surface area (Å²) in [5.41, 5.74) is 0.415. The van der Waals surface area contributed by atoms with Crippen molar-refractivity contribution in [2.75, 3.05) is 11.5 Å². The number of unbranched alkanes of at least 4 members (excludes halogenated alkanes) is 2. The number of carbonyl (C=O) groups is 2. The minimum Gasteiger partial charge on any atom is -0.479 e. The van der Waals surface area contributed by atoms with Crippen molar-refractivity contribution < 1.29 is 27.5 Å². The number of sulfone groups is 1. The van der Waals surface area contributed by atoms with Crippen LogP contribution in [-0.2, 0) is 19.4 Å². The number of hydrogen-bond acceptors (Lipinski definition) is 4. The molecule has 24 heavy (non-hydrogen) atoms. The second-order valence-corrected chi connectivity index (χ2v) is 7.83. The van der Waals surface area contributed by atoms with Gasteiger partial charge in [0.15, 0.2) is 15.9 Å². The van der Waals surface area contributed by atoms with E-state index in [0.29, 0.717) is 6.42 Å². The van der Waals surface area contributed by atoms with Crippen molar-refractivity contribution >= 4 is 21.7 Å². The summed E-state index contributed by atoms with van der Waals surface area (Å²) in [6, 6.07) is 2.23. The molecule has 0 spiro atoms. The molecule has 0 saturated heterocycles. The lowest BCUT2D eigenvalue weighted by Crippen LogP contribution is -2.37. The van der Waals surface area contributed by atoms with E-state index in [-0.39, 0.29) is 16.9 Å². The van der Waals surface area contributed by atoms with Gasteiger partial charge in [0.1, 0.15) is 11.6 Å². The molecule has 1 aromatic rings. The third-order valence-electron chi connectivity index (χ3n) is 3.48. The summed E-state index contributed by atoms with van der Waals surface area (Å²) >= 11 is 0. The SMILES string of the molecule is CCCCCS(=O)(=O)CC(=O)NC(C(=O)O)c1ccc(F)c(C)c1. The molecule has 8 heteroatoms. The van der Waals surface area contributed by atoms with Crippen LogP contribution >= 0.6 is 0 Å². The zero-order valence-electron chi connectivity index (χ0n) is 13.7. The van der Waals surface area contributed by atoms with E-state index < -0.39 is 39.3 Å². The highest BCUT2D eigenvalue weighted by Crippen LogP contribution is 2.17. The van der Waals surface area contributed by atoms with Crippen molar-refractivity contribution in [3.8, 4) is 0 Å². The summed E-state index contributed by atoms with van der Waals surface area (Å²) in [4.78, 5) is 23.3. The van der Waals surface area contributed by atoms with Crippen LogP contribution in [0.2, 0.25) is 0 Å². The zero-order chi connectivity index (χ0) is 18.3. The Morgan fingerprint density at radius 2 is 1.96 bits per heavy atom. The molecule has 0 aliphatic rings. The van der Waals surface area contributed by atoms with E-state index in [4.69, 9.17) is 0 Å². The molecule has 0 radical (unpaired) electrons. The summed E-state index contributed by atoms with van der Waals surface area (Å²) in [5.74, 6) is -3.60. The highest BCUT2D eigenvalue weighted by Gasteiger charge is 2.25. The molecule has 134 valence electrons. The Hall–Kier alpha value is -1.96. The van der Waals surface area contributed by atoms with Gasteiger partial charge >= 0.3 is 5.97 Å². The molecular weight excluding hydrogens is 337 g/mol. The van der Waals surface area contributed by atoms with Gasteiger partial charge in [-0.3, -0.25) is 4.79 Å². The standard InChI is InChI=1S/C16H22FNO5S/c1-3-4-5-8-24(22,23)10-14(19)18-15(16(20)21)12-6-7-13(17)11(2)9-12/h6-7,9,15H,3-5,8,10H2,1-2H3,(H,18,19)(H,20,21). The van der Waals surface area contributed by atoms with Gasteiger partial charge < -0.3 is 10.4 Å². The van der Waals surface area contributed by atoms with Crippen molar-refractivity contribution in [3.63, 3.8) is 0 Å². The zero-order valence-corrected chi connectivity index (χ0v) is 14.5. The smallest absolute Gasteiger partial charge is 0.330 e. The number of benzene rings is 1. The van der Waals surface area contributed by atoms with Crippen molar-refractivity contribution in [3.05, 3.63) is 35.1 Å². The Bertz CT molecular complexity index is 702. The number of aliphatic carboxylic acids is 1. The Balaban J connectivity index is 2.80. The van der Waals surface area contributed by atoms with Crippen molar-refractivity contribution in [2.24, 2.45) is 0 Å². The van der Waals surface area contributed by atoms with Crippen LogP contribution in [0.25, 0.3) is 0 Å². The molecule has 1 amide bonds. The van der Waals surface area contributed by atoms with Gasteiger partial charge in [0.25, 0.3) is 0 Å². The van der Waals surface area contributed by atoms with Crippen LogP contribution in [0.4, 0.5) is 4.39 Å². The van der Waals surface area contributed by atoms with E-state index >= 15 is 0 Å². The third-order valence-corrected chi connectivity index (χ3v) is 5.09. The van der Waals surface area contributed by atoms with Gasteiger partial charge in [-0.2, -0.15) is 0 Å². The highest BCUT2D eigenvalue weighted by atomic mass is 32.2. The van der Waals surface area contributed by atoms with E-state index in [2.05, 4.69) is 5.32 Å². The van der Waals surface area contributed by atoms with Crippen LogP contribution in [0, 0.1) is 12.7 Å². The molecule has 0 aliphatic carbocycles. The van der Waals surface area contributed by atoms with Crippen LogP contribution in [0.1, 0.15) is 43.4 Å². The lowest BCUT2D eigenvalue weighted by molar-refractivity contribution is -0.141. The van der Waals surface area contributed by atoms with Crippen LogP contribution < -0.4 is 5.32 Å². The van der Waals surface area contributed by atoms with Crippen molar-refractivity contribution in [1.82, 2.24) is 5.32 Å². The first-order valence-electron chi connectivity index (χ1n) is 7.65. The third kappa shape index (κ3) is 6.27. The van der Waals surface area contributed by atoms with E-state index in [9.17, 15) is 27.5 Å². The Morgan fingerprint density at radius 1 is 1.29 bits per heavy atom. The number of nitrogens with one attached hydrogen (secondary N) is 1. The van der Waals surface area contributed by atoms with Crippen LogP contribution in [0.15, 0.2) is 18.2 Å². The molecule has 1 unspecified atom stereocenters. The van der Waals surface area contributed by atoms with Gasteiger partial charge in [-0.15, -0.1) is 0 Å². The first kappa shape index (κ1) is 20.1. The van der Waals surface area contributed by atoms with Crippen molar-refractivity contribution in [1.29, 1.82) is 0 Å². The topological polar surface area (TPSA) is 101 Å². The molecule has 0 saturated carbocycles. The van der Waals surface area contributed by atoms with Gasteiger partial charge in [-0.1, -0.05) is 31.9 Å². The molecule has 0 aliphatic heterocycles. The number of carboxylic acids is 1. The molecule has 1 atom stereocenters. The normalized spacial score (nSPS) is 12.6. The maximum Gasteiger partial charge on any atom is 0.330 e. The van der Waals surface area contributed by atoms with Crippen LogP contribution in [0.5, 0.6) is 0 Å². The Labute approximate surface area is 141 Å². The second kappa shape index (κ2) is 8.77. The number of amides is 1. The monoisotopic (exact) mass is 359 g/mol. The second-order valence-electron chi connectivity index (χ2n) is 5.65. The number of aryl methyl sites for hydroxylation is 1. The van der Waals surface area contributed by atoms with Gasteiger partial charge in [0.05, 0.1) is 5.75 Å². The van der Waals surface area contributed by atoms with Gasteiger partial charge in [0.2, 0.25) is 5.91 Å². The highest BCUT2D eigenvalue weighted by molar-refractivity contribution is 7.92. The predicted molar refractivity (Wildman–Crippen MR) is 87.8 cm³/mol. The first-order valence-corrected chi connectivity index (χ1v) is 9.47. The van der Waals surface area contributed by atoms with Crippen LogP contribution in [-0.4, -0.2) is 36.9 Å². The summed E-state index contributed by atoms with van der Waals surface area (Å²) in [6.07, 6.45) is 2.06. The summed E-state index contributed by atoms with van der Waals surface area (Å²) < 4.78 is 37.0. The van der Waals surface area contributed by atoms with E-state index in [1.54, 1.807) is 0 Å². The lowest BCUT2D eigenvalue weighted by atomic mass is 10.0. The molecule has 1 rings (SSSR count). The number of carbonyl (C=O) groups excluding carboxylic acids is 1. The van der Waals surface area contributed by atoms with Crippen molar-refractivity contribution in [2.45, 2.75) is 39.2 Å². The number of rotatable bonds is 9. The molecule has 0 bridgehead atoms. The molecule has 1 aromatic carbocycles. The maximum absolute atomic E-state index is 13.3. The molecule has 6 nitrogen and oxygen atoms in total. The largest absolute Gasteiger partial charge is 0.479 e. The fourth-order valence-electron chi connectivity index (χ4n) is 2.18. The van der Waals surface area contributed by atoms with Gasteiger partial charge in [-0.25, -0.2) is 17.6 Å². The maximum atomic E-state index is 13.3. The van der Waals surface area contributed by atoms with Gasteiger partial charge in [-0.05, 0) is 30.5 Å². The minimum atomic E-state index is -3.59. The number of halogens is 1. The summed E-state index contributed by atoms with van der Waals surface area (Å²) in [7, 11) is -3.59. The summed E-state index contributed by atoms with van der Waals surface area (Å²) in [5, 5.41) is 11.4. The average Bonchev–Trinajstić information content (AvgIpc) is 2.47. The fourth-order valence-corrected chi connectivity index (χ4v) is 3.45. The van der Waals surface area contributed by atoms with E-state index in [0.717, 1.165) is 18.9 Å². The molecule has 0 aromatic heterocycles. The molecular formula is C16H22FNO5S. The molecule has 0 fully saturated rings. The Morgan fingerprint density at radius 3 is 2.50 bits per heavy atom. The lowest BCUT2D eigenvalue weighted by Gasteiger charge is -2.16. The Kier molecular flexibility index (Phi) is 7.34. The fraction of sp³-hybridized carbons (Fsp3) is 0.500. The number of hydrogen-bond donors (Lipinski definition) is 2. The summed E-state index contributed by atoms with van der Waals surface area (Å²) in [6.45, 7) is 3.40. The van der Waals surface area contributed by atoms with Crippen LogP contribution in [0.3, 0.4) is 0 Å². The van der Waals surface area contributed by atoms with E-state index in [1.807, 2.05) is 6.92 Å². The quantitative estimate of drug-likeness (QED) is 0.657. The molecule has 0 heterocycles.